The van der Waals surface area contributed by atoms with Crippen LogP contribution in [0, 0.1) is 5.41 Å². The topological polar surface area (TPSA) is 55.4 Å². The minimum Gasteiger partial charge on any atom is -0.463 e. The Hall–Kier alpha value is -3.40. The molecule has 1 N–H and O–H groups in total. The van der Waals surface area contributed by atoms with E-state index in [0.717, 1.165) is 40.8 Å². The third-order valence-electron chi connectivity index (χ3n) is 5.84. The molecule has 36 heavy (non-hydrogen) atoms. The van der Waals surface area contributed by atoms with Crippen molar-refractivity contribution in [2.24, 2.45) is 5.41 Å². The minimum absolute atomic E-state index is 0.0359. The summed E-state index contributed by atoms with van der Waals surface area (Å²) in [6.45, 7) is 16.7. The maximum Gasteiger partial charge on any atom is 0.331 e. The van der Waals surface area contributed by atoms with E-state index in [4.69, 9.17) is 4.74 Å². The fraction of sp³-hybridized carbons (Fsp3) is 0.375. The second kappa shape index (κ2) is 15.6. The van der Waals surface area contributed by atoms with E-state index >= 15 is 0 Å². The van der Waals surface area contributed by atoms with Gasteiger partial charge in [0.25, 0.3) is 0 Å². The van der Waals surface area contributed by atoms with Crippen molar-refractivity contribution in [1.82, 2.24) is 0 Å². The molecule has 1 amide bonds. The van der Waals surface area contributed by atoms with Crippen LogP contribution in [0.5, 0.6) is 0 Å². The SMILES string of the molecule is CC.CCOC(=O)/C=C1\CCC(C)(C)C(/C=C/C(C)=C/C=C/C(C)=C\C(=O)Nc2ccccc2)=C1C. The number of carbonyl (C=O) groups excluding carboxylic acids is 2. The van der Waals surface area contributed by atoms with Crippen LogP contribution >= 0.6 is 0 Å². The fourth-order valence-electron chi connectivity index (χ4n) is 3.88. The summed E-state index contributed by atoms with van der Waals surface area (Å²) in [5, 5.41) is 2.85. The molecule has 0 aliphatic heterocycles. The number of nitrogens with one attached hydrogen (secondary N) is 1. The van der Waals surface area contributed by atoms with Crippen molar-refractivity contribution < 1.29 is 14.3 Å². The summed E-state index contributed by atoms with van der Waals surface area (Å²) in [5.74, 6) is -0.426. The molecule has 4 heteroatoms. The van der Waals surface area contributed by atoms with Crippen molar-refractivity contribution in [3.05, 3.63) is 101 Å². The largest absolute Gasteiger partial charge is 0.463 e. The van der Waals surface area contributed by atoms with Crippen LogP contribution in [0.2, 0.25) is 0 Å². The molecule has 1 aromatic carbocycles. The van der Waals surface area contributed by atoms with Crippen LogP contribution in [0.3, 0.4) is 0 Å². The van der Waals surface area contributed by atoms with E-state index in [1.165, 1.54) is 5.57 Å². The van der Waals surface area contributed by atoms with Gasteiger partial charge in [-0.25, -0.2) is 4.79 Å². The highest BCUT2D eigenvalue weighted by molar-refractivity contribution is 5.99. The zero-order valence-electron chi connectivity index (χ0n) is 23.3. The van der Waals surface area contributed by atoms with E-state index < -0.39 is 0 Å². The maximum absolute atomic E-state index is 12.1. The first-order valence-electron chi connectivity index (χ1n) is 12.8. The first-order valence-corrected chi connectivity index (χ1v) is 12.8. The van der Waals surface area contributed by atoms with Gasteiger partial charge in [0.05, 0.1) is 6.61 Å². The second-order valence-electron chi connectivity index (χ2n) is 9.19. The fourth-order valence-corrected chi connectivity index (χ4v) is 3.88. The number of benzene rings is 1. The molecule has 2 rings (SSSR count). The van der Waals surface area contributed by atoms with Crippen LogP contribution in [-0.4, -0.2) is 18.5 Å². The molecular formula is C32H43NO3. The number of hydrogen-bond donors (Lipinski definition) is 1. The molecule has 0 atom stereocenters. The van der Waals surface area contributed by atoms with Crippen molar-refractivity contribution in [3.63, 3.8) is 0 Å². The van der Waals surface area contributed by atoms with Crippen molar-refractivity contribution in [2.75, 3.05) is 11.9 Å². The van der Waals surface area contributed by atoms with Crippen molar-refractivity contribution in [3.8, 4) is 0 Å². The van der Waals surface area contributed by atoms with Gasteiger partial charge in [-0.2, -0.15) is 0 Å². The lowest BCUT2D eigenvalue weighted by atomic mass is 9.71. The van der Waals surface area contributed by atoms with Gasteiger partial charge in [0.15, 0.2) is 0 Å². The lowest BCUT2D eigenvalue weighted by molar-refractivity contribution is -0.137. The Morgan fingerprint density at radius 2 is 1.72 bits per heavy atom. The molecule has 0 fully saturated rings. The van der Waals surface area contributed by atoms with Gasteiger partial charge < -0.3 is 10.1 Å². The highest BCUT2D eigenvalue weighted by Gasteiger charge is 2.29. The quantitative estimate of drug-likeness (QED) is 0.227. The van der Waals surface area contributed by atoms with Crippen molar-refractivity contribution in [2.45, 2.75) is 68.2 Å². The summed E-state index contributed by atoms with van der Waals surface area (Å²) in [6, 6.07) is 9.40. The summed E-state index contributed by atoms with van der Waals surface area (Å²) >= 11 is 0. The maximum atomic E-state index is 12.1. The smallest absolute Gasteiger partial charge is 0.331 e. The number of ether oxygens (including phenoxy) is 1. The average Bonchev–Trinajstić information content (AvgIpc) is 2.82. The van der Waals surface area contributed by atoms with Gasteiger partial charge >= 0.3 is 5.97 Å². The molecule has 4 nitrogen and oxygen atoms in total. The zero-order valence-corrected chi connectivity index (χ0v) is 23.3. The highest BCUT2D eigenvalue weighted by atomic mass is 16.5. The summed E-state index contributed by atoms with van der Waals surface area (Å²) in [5.41, 5.74) is 6.20. The molecule has 0 saturated carbocycles. The van der Waals surface area contributed by atoms with Crippen LogP contribution in [-0.2, 0) is 14.3 Å². The normalized spacial score (nSPS) is 17.3. The minimum atomic E-state index is -0.276. The summed E-state index contributed by atoms with van der Waals surface area (Å²) in [6.07, 6.45) is 15.2. The molecular weight excluding hydrogens is 446 g/mol. The van der Waals surface area contributed by atoms with Crippen molar-refractivity contribution in [1.29, 1.82) is 0 Å². The number of anilines is 1. The van der Waals surface area contributed by atoms with E-state index in [2.05, 4.69) is 38.2 Å². The third-order valence-corrected chi connectivity index (χ3v) is 5.84. The van der Waals surface area contributed by atoms with Gasteiger partial charge in [-0.1, -0.05) is 81.8 Å². The van der Waals surface area contributed by atoms with E-state index in [1.807, 2.05) is 83.2 Å². The Kier molecular flexibility index (Phi) is 13.2. The predicted molar refractivity (Wildman–Crippen MR) is 153 cm³/mol. The number of rotatable bonds is 8. The Morgan fingerprint density at radius 3 is 2.36 bits per heavy atom. The van der Waals surface area contributed by atoms with Crippen LogP contribution in [0.15, 0.2) is 101 Å². The standard InChI is InChI=1S/C30H37NO3.C2H6/c1-7-34-29(33)21-25-18-19-30(5,6)27(24(25)4)17-16-22(2)12-11-13-23(3)20-28(32)31-26-14-9-8-10-15-26;1-2/h8-17,20-21H,7,18-19H2,1-6H3,(H,31,32);1-2H3/b13-11+,17-16+,22-12+,23-20-,25-21+;. The summed E-state index contributed by atoms with van der Waals surface area (Å²) in [4.78, 5) is 24.1. The second-order valence-corrected chi connectivity index (χ2v) is 9.19. The van der Waals surface area contributed by atoms with E-state index in [1.54, 1.807) is 12.2 Å². The van der Waals surface area contributed by atoms with E-state index in [-0.39, 0.29) is 17.3 Å². The molecule has 0 heterocycles. The highest BCUT2D eigenvalue weighted by Crippen LogP contribution is 2.43. The molecule has 1 aliphatic rings. The molecule has 194 valence electrons. The Morgan fingerprint density at radius 1 is 1.06 bits per heavy atom. The number of carbonyl (C=O) groups is 2. The molecule has 0 bridgehead atoms. The zero-order chi connectivity index (χ0) is 27.1. The number of amides is 1. The molecule has 0 spiro atoms. The molecule has 0 radical (unpaired) electrons. The average molecular weight is 490 g/mol. The first-order chi connectivity index (χ1) is 17.1. The molecule has 0 aromatic heterocycles. The van der Waals surface area contributed by atoms with Crippen LogP contribution in [0.4, 0.5) is 5.69 Å². The van der Waals surface area contributed by atoms with Gasteiger partial charge in [0.2, 0.25) is 5.91 Å². The molecule has 0 saturated heterocycles. The Balaban J connectivity index is 0.00000316. The Bertz CT molecular complexity index is 1060. The molecule has 0 unspecified atom stereocenters. The van der Waals surface area contributed by atoms with Gasteiger partial charge in [0.1, 0.15) is 0 Å². The lowest BCUT2D eigenvalue weighted by Crippen LogP contribution is -2.21. The van der Waals surface area contributed by atoms with Crippen LogP contribution in [0.25, 0.3) is 0 Å². The predicted octanol–water partition coefficient (Wildman–Crippen LogP) is 8.28. The van der Waals surface area contributed by atoms with E-state index in [9.17, 15) is 9.59 Å². The number of para-hydroxylation sites is 1. The third kappa shape index (κ3) is 10.5. The molecule has 1 aliphatic carbocycles. The lowest BCUT2D eigenvalue weighted by Gasteiger charge is -2.34. The van der Waals surface area contributed by atoms with Gasteiger partial charge in [-0.15, -0.1) is 0 Å². The van der Waals surface area contributed by atoms with E-state index in [0.29, 0.717) is 6.61 Å². The summed E-state index contributed by atoms with van der Waals surface area (Å²) < 4.78 is 5.09. The van der Waals surface area contributed by atoms with Crippen LogP contribution in [0.1, 0.15) is 68.2 Å². The summed E-state index contributed by atoms with van der Waals surface area (Å²) in [7, 11) is 0. The first kappa shape index (κ1) is 30.6. The van der Waals surface area contributed by atoms with Crippen molar-refractivity contribution >= 4 is 17.6 Å². The molecule has 1 aromatic rings. The number of hydrogen-bond acceptors (Lipinski definition) is 3. The Labute approximate surface area is 218 Å². The van der Waals surface area contributed by atoms with Gasteiger partial charge in [-0.3, -0.25) is 4.79 Å². The number of allylic oxidation sites excluding steroid dienone is 10. The van der Waals surface area contributed by atoms with Gasteiger partial charge in [0, 0.05) is 17.8 Å². The number of esters is 1. The van der Waals surface area contributed by atoms with Gasteiger partial charge in [-0.05, 0) is 80.4 Å². The monoisotopic (exact) mass is 489 g/mol. The van der Waals surface area contributed by atoms with Crippen LogP contribution < -0.4 is 5.32 Å².